The van der Waals surface area contributed by atoms with Crippen molar-refractivity contribution in [3.63, 3.8) is 0 Å². The number of hydrogen-bond acceptors (Lipinski definition) is 7. The zero-order valence-corrected chi connectivity index (χ0v) is 16.5. The molecule has 0 spiro atoms. The zero-order valence-electron chi connectivity index (χ0n) is 16.5. The molecule has 0 unspecified atom stereocenters. The number of nitrogens with zero attached hydrogens (tertiary/aromatic N) is 7. The summed E-state index contributed by atoms with van der Waals surface area (Å²) in [5, 5.41) is 8.94. The van der Waals surface area contributed by atoms with Gasteiger partial charge in [-0.2, -0.15) is 0 Å². The number of anilines is 2. The fourth-order valence-corrected chi connectivity index (χ4v) is 3.66. The first kappa shape index (κ1) is 18.2. The fraction of sp³-hybridized carbons (Fsp3) is 0.174. The molecule has 1 saturated heterocycles. The molecule has 0 N–H and O–H groups in total. The third-order valence-corrected chi connectivity index (χ3v) is 5.22. The van der Waals surface area contributed by atoms with E-state index in [1.54, 1.807) is 6.20 Å². The van der Waals surface area contributed by atoms with Crippen LogP contribution in [0.2, 0.25) is 0 Å². The molecule has 0 aliphatic carbocycles. The molecule has 0 amide bonds. The van der Waals surface area contributed by atoms with Crippen LogP contribution in [0.25, 0.3) is 22.8 Å². The number of aromatic nitrogens is 5. The predicted molar refractivity (Wildman–Crippen MR) is 117 cm³/mol. The number of rotatable bonds is 4. The third-order valence-electron chi connectivity index (χ3n) is 5.22. The molecule has 1 aliphatic heterocycles. The van der Waals surface area contributed by atoms with E-state index in [9.17, 15) is 0 Å². The molecule has 0 radical (unpaired) electrons. The van der Waals surface area contributed by atoms with E-state index in [0.29, 0.717) is 5.82 Å². The summed E-state index contributed by atoms with van der Waals surface area (Å²) in [6, 6.07) is 19.9. The molecule has 148 valence electrons. The van der Waals surface area contributed by atoms with Crippen LogP contribution >= 0.6 is 0 Å². The van der Waals surface area contributed by atoms with Crippen LogP contribution in [0.15, 0.2) is 79.3 Å². The molecule has 1 fully saturated rings. The lowest BCUT2D eigenvalue weighted by Gasteiger charge is -2.37. The average molecular weight is 395 g/mol. The highest BCUT2D eigenvalue weighted by Gasteiger charge is 2.23. The van der Waals surface area contributed by atoms with Crippen molar-refractivity contribution < 1.29 is 0 Å². The second-order valence-corrected chi connectivity index (χ2v) is 7.07. The monoisotopic (exact) mass is 395 g/mol. The van der Waals surface area contributed by atoms with Crippen LogP contribution in [0.5, 0.6) is 0 Å². The molecule has 0 bridgehead atoms. The summed E-state index contributed by atoms with van der Waals surface area (Å²) in [6.07, 6.45) is 5.42. The Hall–Kier alpha value is -3.87. The van der Waals surface area contributed by atoms with Crippen molar-refractivity contribution in [1.82, 2.24) is 25.1 Å². The van der Waals surface area contributed by atoms with Gasteiger partial charge in [-0.1, -0.05) is 36.4 Å². The van der Waals surface area contributed by atoms with Gasteiger partial charge in [0.15, 0.2) is 5.82 Å². The predicted octanol–water partition coefficient (Wildman–Crippen LogP) is 3.32. The van der Waals surface area contributed by atoms with Crippen LogP contribution in [0.1, 0.15) is 0 Å². The van der Waals surface area contributed by atoms with Gasteiger partial charge in [-0.15, -0.1) is 10.2 Å². The lowest BCUT2D eigenvalue weighted by Crippen LogP contribution is -2.47. The van der Waals surface area contributed by atoms with Crippen LogP contribution in [-0.2, 0) is 0 Å². The minimum atomic E-state index is 0.543. The Kier molecular flexibility index (Phi) is 4.99. The van der Waals surface area contributed by atoms with Crippen molar-refractivity contribution in [2.75, 3.05) is 36.0 Å². The molecule has 7 heteroatoms. The molecule has 1 aliphatic rings. The zero-order chi connectivity index (χ0) is 20.2. The minimum Gasteiger partial charge on any atom is -0.368 e. The van der Waals surface area contributed by atoms with Crippen molar-refractivity contribution in [3.05, 3.63) is 79.3 Å². The summed E-state index contributed by atoms with van der Waals surface area (Å²) in [7, 11) is 0. The van der Waals surface area contributed by atoms with Gasteiger partial charge in [-0.25, -0.2) is 4.98 Å². The maximum absolute atomic E-state index is 4.90. The fourth-order valence-electron chi connectivity index (χ4n) is 3.66. The Balaban J connectivity index is 1.48. The highest BCUT2D eigenvalue weighted by Crippen LogP contribution is 2.29. The van der Waals surface area contributed by atoms with Gasteiger partial charge < -0.3 is 9.80 Å². The number of benzene rings is 1. The first-order valence-electron chi connectivity index (χ1n) is 10.00. The number of pyridine rings is 2. The SMILES string of the molecule is c1ccc(-c2nnc(-c3ccccn3)nc2N2CCN(c3ccncc3)CC2)cc1. The Bertz CT molecular complexity index is 1100. The summed E-state index contributed by atoms with van der Waals surface area (Å²) in [4.78, 5) is 18.1. The smallest absolute Gasteiger partial charge is 0.202 e. The Morgan fingerprint density at radius 1 is 0.667 bits per heavy atom. The van der Waals surface area contributed by atoms with Crippen LogP contribution < -0.4 is 9.80 Å². The van der Waals surface area contributed by atoms with Crippen molar-refractivity contribution in [3.8, 4) is 22.8 Å². The van der Waals surface area contributed by atoms with Gasteiger partial charge in [0, 0.05) is 56.0 Å². The molecule has 5 rings (SSSR count). The van der Waals surface area contributed by atoms with Gasteiger partial charge in [0.1, 0.15) is 11.4 Å². The van der Waals surface area contributed by atoms with Crippen molar-refractivity contribution in [2.24, 2.45) is 0 Å². The van der Waals surface area contributed by atoms with Gasteiger partial charge in [0.25, 0.3) is 0 Å². The van der Waals surface area contributed by atoms with Crippen molar-refractivity contribution in [1.29, 1.82) is 0 Å². The molecule has 1 aromatic carbocycles. The van der Waals surface area contributed by atoms with Crippen LogP contribution in [0, 0.1) is 0 Å². The summed E-state index contributed by atoms with van der Waals surface area (Å²) >= 11 is 0. The first-order valence-corrected chi connectivity index (χ1v) is 10.00. The van der Waals surface area contributed by atoms with Crippen molar-refractivity contribution in [2.45, 2.75) is 0 Å². The summed E-state index contributed by atoms with van der Waals surface area (Å²) < 4.78 is 0. The molecule has 3 aromatic heterocycles. The highest BCUT2D eigenvalue weighted by molar-refractivity contribution is 5.73. The standard InChI is InChI=1S/C23H21N7/c1-2-6-18(7-3-1)21-23(26-22(28-27-21)20-8-4-5-11-25-20)30-16-14-29(15-17-30)19-9-12-24-13-10-19/h1-13H,14-17H2. The third kappa shape index (κ3) is 3.69. The van der Waals surface area contributed by atoms with E-state index in [0.717, 1.165) is 48.9 Å². The van der Waals surface area contributed by atoms with Gasteiger partial charge in [-0.3, -0.25) is 9.97 Å². The molecule has 0 atom stereocenters. The second-order valence-electron chi connectivity index (χ2n) is 7.07. The van der Waals surface area contributed by atoms with Crippen molar-refractivity contribution >= 4 is 11.5 Å². The lowest BCUT2D eigenvalue weighted by atomic mass is 10.1. The Morgan fingerprint density at radius 3 is 2.13 bits per heavy atom. The van der Waals surface area contributed by atoms with Gasteiger partial charge >= 0.3 is 0 Å². The van der Waals surface area contributed by atoms with E-state index in [1.807, 2.05) is 60.9 Å². The molecule has 0 saturated carbocycles. The van der Waals surface area contributed by atoms with Gasteiger partial charge in [0.05, 0.1) is 0 Å². The second kappa shape index (κ2) is 8.24. The largest absolute Gasteiger partial charge is 0.368 e. The quantitative estimate of drug-likeness (QED) is 0.525. The number of piperazine rings is 1. The maximum atomic E-state index is 4.90. The summed E-state index contributed by atoms with van der Waals surface area (Å²) in [6.45, 7) is 3.51. The van der Waals surface area contributed by atoms with Crippen LogP contribution in [-0.4, -0.2) is 51.3 Å². The Labute approximate surface area is 175 Å². The van der Waals surface area contributed by atoms with Crippen LogP contribution in [0.3, 0.4) is 0 Å². The minimum absolute atomic E-state index is 0.543. The highest BCUT2D eigenvalue weighted by atomic mass is 15.3. The molecule has 7 nitrogen and oxygen atoms in total. The summed E-state index contributed by atoms with van der Waals surface area (Å²) in [5.74, 6) is 1.40. The van der Waals surface area contributed by atoms with E-state index < -0.39 is 0 Å². The van der Waals surface area contributed by atoms with Gasteiger partial charge in [-0.05, 0) is 24.3 Å². The average Bonchev–Trinajstić information content (AvgIpc) is 2.85. The molecule has 30 heavy (non-hydrogen) atoms. The summed E-state index contributed by atoms with van der Waals surface area (Å²) in [5.41, 5.74) is 3.73. The molecular weight excluding hydrogens is 374 g/mol. The molecule has 4 aromatic rings. The molecule has 4 heterocycles. The van der Waals surface area contributed by atoms with E-state index >= 15 is 0 Å². The van der Waals surface area contributed by atoms with E-state index in [2.05, 4.69) is 42.1 Å². The lowest BCUT2D eigenvalue weighted by molar-refractivity contribution is 0.645. The van der Waals surface area contributed by atoms with E-state index in [-0.39, 0.29) is 0 Å². The molecular formula is C23H21N7. The van der Waals surface area contributed by atoms with Gasteiger partial charge in [0.2, 0.25) is 5.82 Å². The van der Waals surface area contributed by atoms with Crippen LogP contribution in [0.4, 0.5) is 11.5 Å². The maximum Gasteiger partial charge on any atom is 0.202 e. The van der Waals surface area contributed by atoms with E-state index in [1.165, 1.54) is 5.69 Å². The Morgan fingerprint density at radius 2 is 1.40 bits per heavy atom. The topological polar surface area (TPSA) is 70.9 Å². The van der Waals surface area contributed by atoms with E-state index in [4.69, 9.17) is 4.98 Å². The first-order chi connectivity index (χ1) is 14.9. The number of hydrogen-bond donors (Lipinski definition) is 0. The normalized spacial score (nSPS) is 14.0.